The van der Waals surface area contributed by atoms with Gasteiger partial charge in [-0.2, -0.15) is 0 Å². The van der Waals surface area contributed by atoms with E-state index in [9.17, 15) is 43.8 Å². The third-order valence-electron chi connectivity index (χ3n) is 24.8. The Balaban J connectivity index is 1.02. The molecule has 3 fully saturated rings. The number of amides is 17. The van der Waals surface area contributed by atoms with Crippen molar-refractivity contribution in [2.45, 2.75) is 235 Å². The van der Waals surface area contributed by atoms with Gasteiger partial charge in [-0.1, -0.05) is 102 Å². The van der Waals surface area contributed by atoms with E-state index in [2.05, 4.69) is 78.1 Å². The maximum atomic E-state index is 15.8. The second-order valence-electron chi connectivity index (χ2n) is 35.2. The summed E-state index contributed by atoms with van der Waals surface area (Å²) >= 11 is 0.792. The number of aliphatic hydroxyl groups excluding tert-OH is 1. The van der Waals surface area contributed by atoms with Crippen molar-refractivity contribution in [2.24, 2.45) is 17.4 Å². The number of aromatic amines is 3. The lowest BCUT2D eigenvalue weighted by Crippen LogP contribution is -2.62. The Morgan fingerprint density at radius 1 is 0.500 bits per heavy atom. The van der Waals surface area contributed by atoms with Crippen LogP contribution in [-0.2, 0) is 114 Å². The third kappa shape index (κ3) is 28.4. The number of nitrogens with one attached hydrogen (secondary N) is 13. The Kier molecular flexibility index (Phi) is 38.3. The molecule has 0 saturated carbocycles. The molecule has 7 aromatic rings. The minimum absolute atomic E-state index is 0.00220. The number of fused-ring (bicyclic) bond motifs is 4. The number of rotatable bonds is 25. The number of nitrogens with two attached hydrogens (primary N) is 2. The van der Waals surface area contributed by atoms with Crippen molar-refractivity contribution in [1.29, 1.82) is 0 Å². The van der Waals surface area contributed by atoms with Crippen LogP contribution in [-0.4, -0.2) is 304 Å². The van der Waals surface area contributed by atoms with Crippen LogP contribution in [0.1, 0.15) is 146 Å². The summed E-state index contributed by atoms with van der Waals surface area (Å²) in [5.41, 5.74) is 14.8. The number of aliphatic hydroxyl groups is 1. The van der Waals surface area contributed by atoms with Crippen LogP contribution in [0.15, 0.2) is 122 Å². The molecule has 0 aliphatic carbocycles. The van der Waals surface area contributed by atoms with Gasteiger partial charge in [0.05, 0.1) is 25.2 Å². The molecule has 732 valence electrons. The van der Waals surface area contributed by atoms with E-state index in [1.165, 1.54) is 96.8 Å². The van der Waals surface area contributed by atoms with E-state index >= 15 is 47.9 Å². The van der Waals surface area contributed by atoms with Gasteiger partial charge < -0.3 is 114 Å². The second-order valence-corrected chi connectivity index (χ2v) is 36.2. The largest absolute Gasteiger partial charge is 0.508 e. The second kappa shape index (κ2) is 50.0. The number of thioether (sulfide) groups is 1. The predicted octanol–water partition coefficient (Wildman–Crippen LogP) is -0.135. The number of carbonyl (C=O) groups excluding carboxylic acids is 17. The fourth-order valence-electron chi connectivity index (χ4n) is 17.1. The number of aromatic hydroxyl groups is 1. The van der Waals surface area contributed by atoms with Gasteiger partial charge in [0.25, 0.3) is 0 Å². The van der Waals surface area contributed by atoms with Crippen LogP contribution < -0.4 is 64.6 Å². The molecule has 17 amide bonds. The highest BCUT2D eigenvalue weighted by Gasteiger charge is 2.46. The number of para-hydroxylation sites is 2. The van der Waals surface area contributed by atoms with E-state index in [1.807, 2.05) is 13.8 Å². The number of primary amides is 2. The van der Waals surface area contributed by atoms with Gasteiger partial charge in [0, 0.05) is 137 Å². The molecule has 7 heterocycles. The molecule has 10 rings (SSSR count). The standard InChI is InChI=1S/C94H126N22O19S/c1-9-11-23-74-87(128)105-66(40-56-33-35-97-36-34-56)83(124)111-73(82(123)101-48-79(96)120)50-136-51-80(121)103-70(41-55-27-29-60(118)30-28-55)90(131)112(6)54(5)81(122)104-65(31-32-78(95)119)92(133)115-37-17-25-75(115)89(130)107-68(44-59-47-98-52-102-59)85(126)108-69(39-53(3)4)93(134)116-38-18-26-76(116)88(129)106-67(42-57-45-99-63-21-15-13-19-61(57)63)84(125)110-72(49-117)86(127)109-71(43-58-46-100-64-22-16-14-20-62(58)64)91(132)114(8)77(24-12-10-2)94(135)113(74)7/h13-16,19-22,27-30,33-36,45-47,52-54,65-77,99-100,117-118H,9-12,17-18,23-26,31-32,37-44,48-51H2,1-8H3,(H2,95,119)(H2,96,120)(H,98,102)(H,101,123)(H,103,121)(H,104,122)(H,105,128)(H,106,129)(H,107,130)(H,108,126)(H,109,127)(H,110,125)(H,111,124)/t54-,65-,66-,67-,68-,69-,70-,71-,72-,73-,74-,75?,76?,77-/m0/s1. The first kappa shape index (κ1) is 104. The van der Waals surface area contributed by atoms with Crippen molar-refractivity contribution in [3.63, 3.8) is 0 Å². The van der Waals surface area contributed by atoms with Gasteiger partial charge in [0.2, 0.25) is 100 Å². The van der Waals surface area contributed by atoms with Gasteiger partial charge >= 0.3 is 0 Å². The number of H-pyrrole nitrogens is 3. The van der Waals surface area contributed by atoms with Crippen molar-refractivity contribution >= 4 is 134 Å². The Morgan fingerprint density at radius 3 is 1.55 bits per heavy atom. The number of pyridine rings is 1. The minimum atomic E-state index is -1.84. The first-order chi connectivity index (χ1) is 65.1. The Hall–Kier alpha value is -13.8. The molecule has 3 aliphatic heterocycles. The van der Waals surface area contributed by atoms with Gasteiger partial charge in [0.1, 0.15) is 90.3 Å². The van der Waals surface area contributed by atoms with Crippen LogP contribution in [0.5, 0.6) is 5.75 Å². The summed E-state index contributed by atoms with van der Waals surface area (Å²) in [5, 5.41) is 50.0. The fourth-order valence-corrected chi connectivity index (χ4v) is 18.0. The number of nitrogens with zero attached hydrogens (tertiary/aromatic N) is 7. The maximum absolute atomic E-state index is 15.8. The molecule has 3 aromatic carbocycles. The van der Waals surface area contributed by atoms with E-state index in [1.54, 1.807) is 86.9 Å². The highest BCUT2D eigenvalue weighted by atomic mass is 32.2. The third-order valence-corrected chi connectivity index (χ3v) is 25.8. The first-order valence-electron chi connectivity index (χ1n) is 46.0. The summed E-state index contributed by atoms with van der Waals surface area (Å²) in [6.45, 7) is 6.82. The number of carbonyl (C=O) groups is 17. The number of phenols is 1. The lowest BCUT2D eigenvalue weighted by Gasteiger charge is -2.36. The maximum Gasteiger partial charge on any atom is 0.245 e. The normalized spacial score (nSPS) is 24.1. The van der Waals surface area contributed by atoms with Crippen molar-refractivity contribution in [3.8, 4) is 5.75 Å². The Bertz CT molecular complexity index is 5390. The number of aromatic nitrogens is 5. The molecule has 3 saturated heterocycles. The van der Waals surface area contributed by atoms with Crippen LogP contribution in [0.4, 0.5) is 0 Å². The minimum Gasteiger partial charge on any atom is -0.508 e. The molecule has 4 aromatic heterocycles. The van der Waals surface area contributed by atoms with E-state index in [-0.39, 0.29) is 102 Å². The van der Waals surface area contributed by atoms with Crippen molar-refractivity contribution < 1.29 is 91.7 Å². The molecule has 3 aliphatic rings. The highest BCUT2D eigenvalue weighted by Crippen LogP contribution is 2.28. The lowest BCUT2D eigenvalue weighted by atomic mass is 9.99. The zero-order valence-corrected chi connectivity index (χ0v) is 78.5. The van der Waals surface area contributed by atoms with Crippen molar-refractivity contribution in [3.05, 3.63) is 150 Å². The first-order valence-corrected chi connectivity index (χ1v) is 47.1. The molecule has 0 spiro atoms. The monoisotopic (exact) mass is 1900 g/mol. The molecular weight excluding hydrogens is 1770 g/mol. The zero-order valence-electron chi connectivity index (χ0n) is 77.7. The summed E-state index contributed by atoms with van der Waals surface area (Å²) in [5.74, 6) is -16.2. The Morgan fingerprint density at radius 2 is 0.985 bits per heavy atom. The number of benzene rings is 3. The smallest absolute Gasteiger partial charge is 0.245 e. The average Bonchev–Trinajstić information content (AvgIpc) is 1.42. The number of hydrogen-bond acceptors (Lipinski definition) is 22. The predicted molar refractivity (Wildman–Crippen MR) is 502 cm³/mol. The molecule has 42 heteroatoms. The number of unbranched alkanes of at least 4 members (excludes halogenated alkanes) is 2. The van der Waals surface area contributed by atoms with Gasteiger partial charge in [-0.3, -0.25) is 86.5 Å². The van der Waals surface area contributed by atoms with E-state index in [4.69, 9.17) is 11.5 Å². The molecule has 0 bridgehead atoms. The van der Waals surface area contributed by atoms with Crippen LogP contribution >= 0.6 is 11.8 Å². The van der Waals surface area contributed by atoms with Crippen molar-refractivity contribution in [2.75, 3.05) is 58.9 Å². The summed E-state index contributed by atoms with van der Waals surface area (Å²) in [4.78, 5) is 275. The molecule has 2 unspecified atom stereocenters. The highest BCUT2D eigenvalue weighted by molar-refractivity contribution is 8.00. The van der Waals surface area contributed by atoms with Crippen LogP contribution in [0.2, 0.25) is 0 Å². The summed E-state index contributed by atoms with van der Waals surface area (Å²) in [6.07, 6.45) is 9.24. The molecule has 0 radical (unpaired) electrons. The van der Waals surface area contributed by atoms with Gasteiger partial charge in [-0.15, -0.1) is 11.8 Å². The van der Waals surface area contributed by atoms with Gasteiger partial charge in [-0.05, 0) is 123 Å². The lowest BCUT2D eigenvalue weighted by molar-refractivity contribution is -0.149. The number of likely N-dealkylation sites (N-methyl/N-ethyl adjacent to an activating group) is 3. The number of hydrogen-bond donors (Lipinski definition) is 17. The average molecular weight is 1900 g/mol. The van der Waals surface area contributed by atoms with Gasteiger partial charge in [-0.25, -0.2) is 4.98 Å². The SMILES string of the molecule is CCCC[C@H]1C(=O)N(C)[C@@H](CCCC)C(=O)N[C@@H](Cc2ccncc2)C(=O)N[C@H](C(=O)NCC(N)=O)CSCC(=O)N[C@@H](Cc2ccc(O)cc2)C(=O)N(C)[C@@H](C)C(=O)N[C@@H](CCC(N)=O)C(=O)N2CCCC2C(=O)N[C@@H](Cc2cnc[nH]2)C(=O)N[C@@H](CC(C)C)C(=O)N2CCCC2C(=O)N[C@@H](Cc2c[nH]c3ccccc23)C(=O)N[C@@H](CO)C(=O)N[C@@H](Cc2c[nH]c3ccccc23)C(=O)N1C. The summed E-state index contributed by atoms with van der Waals surface area (Å²) in [6, 6.07) is 2.31. The summed E-state index contributed by atoms with van der Waals surface area (Å²) in [7, 11) is 4.00. The van der Waals surface area contributed by atoms with Gasteiger partial charge in [0.15, 0.2) is 0 Å². The van der Waals surface area contributed by atoms with Crippen LogP contribution in [0, 0.1) is 5.92 Å². The van der Waals surface area contributed by atoms with E-state index in [0.717, 1.165) is 16.7 Å². The number of imidazole rings is 1. The van der Waals surface area contributed by atoms with Crippen LogP contribution in [0.3, 0.4) is 0 Å². The molecule has 41 nitrogen and oxygen atoms in total. The number of phenolic OH excluding ortho intramolecular Hbond substituents is 1. The van der Waals surface area contributed by atoms with E-state index in [0.29, 0.717) is 75.4 Å². The quantitative estimate of drug-likeness (QED) is 0.0354. The van der Waals surface area contributed by atoms with Crippen molar-refractivity contribution in [1.82, 2.24) is 103 Å². The molecule has 14 atom stereocenters. The topological polar surface area (TPSA) is 592 Å². The van der Waals surface area contributed by atoms with E-state index < -0.39 is 223 Å². The molecule has 19 N–H and O–H groups in total. The zero-order chi connectivity index (χ0) is 98.6. The molecular formula is C94H126N22O19S. The molecule has 136 heavy (non-hydrogen) atoms. The van der Waals surface area contributed by atoms with Crippen LogP contribution in [0.25, 0.3) is 21.8 Å². The Labute approximate surface area is 791 Å². The fraction of sp³-hybridized carbons (Fsp3) is 0.500. The summed E-state index contributed by atoms with van der Waals surface area (Å²) < 4.78 is 0.